The average Bonchev–Trinajstić information content (AvgIpc) is 3.45. The van der Waals surface area contributed by atoms with Gasteiger partial charge in [0.25, 0.3) is 0 Å². The fraction of sp³-hybridized carbons (Fsp3) is 0.400. The second-order valence-electron chi connectivity index (χ2n) is 7.82. The lowest BCUT2D eigenvalue weighted by Crippen LogP contribution is -2.53. The van der Waals surface area contributed by atoms with Gasteiger partial charge in [0, 0.05) is 12.3 Å². The van der Waals surface area contributed by atoms with Gasteiger partial charge in [0.05, 0.1) is 31.6 Å². The number of aliphatic hydroxyl groups is 3. The number of aliphatic hydroxyl groups excluding tert-OH is 3. The molecular formula is C20H20FIN6O4S. The maximum absolute atomic E-state index is 15.1. The number of ether oxygens (including phenoxy) is 1. The van der Waals surface area contributed by atoms with Crippen LogP contribution in [0.2, 0.25) is 0 Å². The van der Waals surface area contributed by atoms with Crippen molar-refractivity contribution in [3.05, 3.63) is 50.6 Å². The number of aromatic nitrogens is 6. The van der Waals surface area contributed by atoms with E-state index < -0.39 is 42.9 Å². The fourth-order valence-corrected chi connectivity index (χ4v) is 5.37. The zero-order valence-corrected chi connectivity index (χ0v) is 20.5. The van der Waals surface area contributed by atoms with E-state index in [1.54, 1.807) is 25.4 Å². The van der Waals surface area contributed by atoms with Crippen molar-refractivity contribution in [1.82, 2.24) is 29.5 Å². The van der Waals surface area contributed by atoms with Gasteiger partial charge in [-0.15, -0.1) is 11.3 Å². The summed E-state index contributed by atoms with van der Waals surface area (Å²) in [4.78, 5) is 8.72. The summed E-state index contributed by atoms with van der Waals surface area (Å²) in [6, 6.07) is 2.04. The molecule has 1 aliphatic rings. The molecule has 1 saturated heterocycles. The summed E-state index contributed by atoms with van der Waals surface area (Å²) in [6.07, 6.45) is -1.42. The molecule has 1 aromatic carbocycles. The Bertz CT molecular complexity index is 1330. The zero-order valence-electron chi connectivity index (χ0n) is 17.5. The topological polar surface area (TPSA) is 131 Å². The highest BCUT2D eigenvalue weighted by Gasteiger charge is 2.48. The number of hydrogen-bond acceptors (Lipinski definition) is 9. The molecule has 0 aliphatic carbocycles. The molecule has 5 atom stereocenters. The van der Waals surface area contributed by atoms with E-state index in [-0.39, 0.29) is 11.5 Å². The second-order valence-corrected chi connectivity index (χ2v) is 10.3. The number of halogens is 2. The van der Waals surface area contributed by atoms with Crippen molar-refractivity contribution >= 4 is 44.1 Å². The Labute approximate surface area is 204 Å². The van der Waals surface area contributed by atoms with Crippen LogP contribution in [-0.4, -0.2) is 69.8 Å². The number of benzene rings is 1. The Balaban J connectivity index is 1.62. The first-order valence-corrected chi connectivity index (χ1v) is 12.0. The van der Waals surface area contributed by atoms with E-state index in [1.165, 1.54) is 26.8 Å². The van der Waals surface area contributed by atoms with E-state index in [9.17, 15) is 15.3 Å². The Morgan fingerprint density at radius 3 is 2.70 bits per heavy atom. The SMILES string of the molecule is Cc1nc([C@@H]2O[C@H](CO)[C@H](O)[C@H](n3cc(I)cn3)[C@H]2O)n(-c2cc3sc(C)nc3cc2F)n1. The van der Waals surface area contributed by atoms with E-state index in [0.29, 0.717) is 11.3 Å². The maximum Gasteiger partial charge on any atom is 0.164 e. The van der Waals surface area contributed by atoms with Crippen LogP contribution in [0.15, 0.2) is 24.5 Å². The molecule has 0 radical (unpaired) electrons. The Kier molecular flexibility index (Phi) is 5.95. The molecular weight excluding hydrogens is 566 g/mol. The lowest BCUT2D eigenvalue weighted by atomic mass is 9.92. The highest BCUT2D eigenvalue weighted by Crippen LogP contribution is 2.39. The number of thiazole rings is 1. The normalized spacial score (nSPS) is 25.7. The van der Waals surface area contributed by atoms with Crippen LogP contribution >= 0.6 is 33.9 Å². The van der Waals surface area contributed by atoms with Crippen molar-refractivity contribution in [2.24, 2.45) is 0 Å². The van der Waals surface area contributed by atoms with Gasteiger partial charge >= 0.3 is 0 Å². The molecule has 0 saturated carbocycles. The molecule has 0 bridgehead atoms. The van der Waals surface area contributed by atoms with E-state index in [4.69, 9.17) is 4.74 Å². The van der Waals surface area contributed by atoms with Gasteiger partial charge in [0.15, 0.2) is 11.6 Å². The smallest absolute Gasteiger partial charge is 0.164 e. The number of aryl methyl sites for hydroxylation is 2. The third-order valence-electron chi connectivity index (χ3n) is 5.55. The van der Waals surface area contributed by atoms with Gasteiger partial charge in [-0.2, -0.15) is 10.2 Å². The first-order valence-electron chi connectivity index (χ1n) is 10.1. The lowest BCUT2D eigenvalue weighted by Gasteiger charge is -2.41. The minimum atomic E-state index is -1.31. The zero-order chi connectivity index (χ0) is 23.4. The molecule has 4 heterocycles. The van der Waals surface area contributed by atoms with Crippen LogP contribution in [0.25, 0.3) is 15.9 Å². The van der Waals surface area contributed by atoms with Gasteiger partial charge in [-0.25, -0.2) is 19.0 Å². The van der Waals surface area contributed by atoms with Crippen LogP contribution in [0.5, 0.6) is 0 Å². The largest absolute Gasteiger partial charge is 0.394 e. The molecule has 5 rings (SSSR count). The summed E-state index contributed by atoms with van der Waals surface area (Å²) in [5.74, 6) is -0.0597. The van der Waals surface area contributed by atoms with E-state index in [1.807, 2.05) is 6.92 Å². The van der Waals surface area contributed by atoms with Crippen LogP contribution < -0.4 is 0 Å². The summed E-state index contributed by atoms with van der Waals surface area (Å²) < 4.78 is 25.3. The third-order valence-corrected chi connectivity index (χ3v) is 7.04. The molecule has 33 heavy (non-hydrogen) atoms. The van der Waals surface area contributed by atoms with E-state index in [2.05, 4.69) is 42.8 Å². The summed E-state index contributed by atoms with van der Waals surface area (Å²) in [7, 11) is 0. The standard InChI is InChI=1S/C20H20FIN6O4S/c1-8-24-20(28(26-8)13-4-15-12(3-11(13)21)25-9(2)33-15)19-18(31)16(17(30)14(7-29)32-19)27-6-10(22)5-23-27/h3-6,14,16-19,29-31H,7H2,1-2H3/t14-,16+,17+,18-,19-/m1/s1. The molecule has 1 aliphatic heterocycles. The van der Waals surface area contributed by atoms with Crippen LogP contribution in [0.4, 0.5) is 4.39 Å². The van der Waals surface area contributed by atoms with Gasteiger partial charge in [-0.3, -0.25) is 4.68 Å². The second kappa shape index (κ2) is 8.63. The molecule has 4 aromatic rings. The van der Waals surface area contributed by atoms with Gasteiger partial charge in [-0.1, -0.05) is 0 Å². The van der Waals surface area contributed by atoms with Gasteiger partial charge in [0.2, 0.25) is 0 Å². The van der Waals surface area contributed by atoms with Crippen molar-refractivity contribution in [3.8, 4) is 5.69 Å². The molecule has 174 valence electrons. The average molecular weight is 586 g/mol. The summed E-state index contributed by atoms with van der Waals surface area (Å²) in [5.41, 5.74) is 0.678. The van der Waals surface area contributed by atoms with Gasteiger partial charge < -0.3 is 20.1 Å². The Morgan fingerprint density at radius 1 is 1.21 bits per heavy atom. The first-order chi connectivity index (χ1) is 15.8. The third kappa shape index (κ3) is 3.95. The quantitative estimate of drug-likeness (QED) is 0.309. The predicted molar refractivity (Wildman–Crippen MR) is 125 cm³/mol. The lowest BCUT2D eigenvalue weighted by molar-refractivity contribution is -0.210. The van der Waals surface area contributed by atoms with Crippen molar-refractivity contribution in [3.63, 3.8) is 0 Å². The summed E-state index contributed by atoms with van der Waals surface area (Å²) in [5, 5.41) is 41.2. The molecule has 3 aromatic heterocycles. The minimum absolute atomic E-state index is 0.134. The van der Waals surface area contributed by atoms with Crippen LogP contribution in [-0.2, 0) is 4.74 Å². The summed E-state index contributed by atoms with van der Waals surface area (Å²) in [6.45, 7) is 3.00. The monoisotopic (exact) mass is 586 g/mol. The first kappa shape index (κ1) is 22.7. The van der Waals surface area contributed by atoms with Crippen LogP contribution in [0, 0.1) is 23.2 Å². The minimum Gasteiger partial charge on any atom is -0.394 e. The van der Waals surface area contributed by atoms with E-state index >= 15 is 4.39 Å². The van der Waals surface area contributed by atoms with Crippen molar-refractivity contribution < 1.29 is 24.4 Å². The van der Waals surface area contributed by atoms with E-state index in [0.717, 1.165) is 13.3 Å². The number of hydrogen-bond donors (Lipinski definition) is 3. The number of rotatable bonds is 4. The molecule has 13 heteroatoms. The van der Waals surface area contributed by atoms with Crippen LogP contribution in [0.3, 0.4) is 0 Å². The van der Waals surface area contributed by atoms with Gasteiger partial charge in [0.1, 0.15) is 42.0 Å². The Hall–Kier alpha value is -2.04. The number of nitrogens with zero attached hydrogens (tertiary/aromatic N) is 6. The fourth-order valence-electron chi connectivity index (χ4n) is 4.11. The molecule has 10 nitrogen and oxygen atoms in total. The molecule has 1 fully saturated rings. The molecule has 0 unspecified atom stereocenters. The predicted octanol–water partition coefficient (Wildman–Crippen LogP) is 1.83. The van der Waals surface area contributed by atoms with Crippen molar-refractivity contribution in [2.45, 2.75) is 44.3 Å². The van der Waals surface area contributed by atoms with Gasteiger partial charge in [-0.05, 0) is 42.5 Å². The summed E-state index contributed by atoms with van der Waals surface area (Å²) >= 11 is 3.50. The maximum atomic E-state index is 15.1. The molecule has 3 N–H and O–H groups in total. The Morgan fingerprint density at radius 2 is 2.00 bits per heavy atom. The van der Waals surface area contributed by atoms with Crippen molar-refractivity contribution in [1.29, 1.82) is 0 Å². The van der Waals surface area contributed by atoms with Crippen LogP contribution in [0.1, 0.15) is 28.8 Å². The molecule has 0 amide bonds. The highest BCUT2D eigenvalue weighted by molar-refractivity contribution is 14.1. The van der Waals surface area contributed by atoms with Crippen molar-refractivity contribution in [2.75, 3.05) is 6.61 Å². The number of fused-ring (bicyclic) bond motifs is 1. The molecule has 0 spiro atoms. The highest BCUT2D eigenvalue weighted by atomic mass is 127.